The molecule has 90 valence electrons. The van der Waals surface area contributed by atoms with Gasteiger partial charge in [0.25, 0.3) is 0 Å². The van der Waals surface area contributed by atoms with Crippen molar-refractivity contribution in [2.75, 3.05) is 0 Å². The molecule has 0 heterocycles. The molecule has 0 aromatic heterocycles. The first-order valence-corrected chi connectivity index (χ1v) is 5.93. The number of carboxylic acid groups (broad SMARTS) is 1. The van der Waals surface area contributed by atoms with Crippen molar-refractivity contribution in [2.24, 2.45) is 17.3 Å². The maximum absolute atomic E-state index is 11.8. The quantitative estimate of drug-likeness (QED) is 0.743. The van der Waals surface area contributed by atoms with Crippen LogP contribution in [0.5, 0.6) is 0 Å². The Morgan fingerprint density at radius 2 is 2.00 bits per heavy atom. The van der Waals surface area contributed by atoms with Gasteiger partial charge in [0.1, 0.15) is 6.04 Å². The van der Waals surface area contributed by atoms with Crippen molar-refractivity contribution in [3.05, 3.63) is 0 Å². The second-order valence-electron chi connectivity index (χ2n) is 5.82. The summed E-state index contributed by atoms with van der Waals surface area (Å²) in [5.74, 6) is -0.473. The highest BCUT2D eigenvalue weighted by Gasteiger charge is 2.51. The predicted octanol–water partition coefficient (Wildman–Crippen LogP) is 1.40. The second-order valence-corrected chi connectivity index (χ2v) is 5.82. The SMILES string of the molecule is CC1(C)C[C@@H]1C(=O)NC(CC1CC1)C(=O)O. The molecule has 2 aliphatic rings. The minimum atomic E-state index is -0.904. The number of nitrogens with one attached hydrogen (secondary N) is 1. The third-order valence-electron chi connectivity index (χ3n) is 3.71. The predicted molar refractivity (Wildman–Crippen MR) is 58.8 cm³/mol. The van der Waals surface area contributed by atoms with Gasteiger partial charge in [-0.15, -0.1) is 0 Å². The molecule has 0 aromatic carbocycles. The Balaban J connectivity index is 1.85. The lowest BCUT2D eigenvalue weighted by molar-refractivity contribution is -0.142. The first kappa shape index (κ1) is 11.4. The van der Waals surface area contributed by atoms with Gasteiger partial charge in [-0.05, 0) is 24.2 Å². The number of aliphatic carboxylic acids is 1. The highest BCUT2D eigenvalue weighted by Crippen LogP contribution is 2.51. The number of hydrogen-bond acceptors (Lipinski definition) is 2. The van der Waals surface area contributed by atoms with Gasteiger partial charge in [0, 0.05) is 5.92 Å². The smallest absolute Gasteiger partial charge is 0.326 e. The van der Waals surface area contributed by atoms with E-state index in [1.807, 2.05) is 13.8 Å². The average Bonchev–Trinajstić information content (AvgIpc) is 3.03. The van der Waals surface area contributed by atoms with Gasteiger partial charge in [-0.1, -0.05) is 26.7 Å². The number of hydrogen-bond donors (Lipinski definition) is 2. The van der Waals surface area contributed by atoms with Crippen molar-refractivity contribution in [2.45, 2.75) is 45.6 Å². The van der Waals surface area contributed by atoms with Gasteiger partial charge in [0.15, 0.2) is 0 Å². The fourth-order valence-corrected chi connectivity index (χ4v) is 2.10. The third kappa shape index (κ3) is 2.54. The molecule has 0 saturated heterocycles. The summed E-state index contributed by atoms with van der Waals surface area (Å²) in [5.41, 5.74) is 0.0622. The second kappa shape index (κ2) is 3.75. The summed E-state index contributed by atoms with van der Waals surface area (Å²) in [7, 11) is 0. The van der Waals surface area contributed by atoms with Gasteiger partial charge >= 0.3 is 5.97 Å². The molecule has 4 heteroatoms. The van der Waals surface area contributed by atoms with Crippen LogP contribution in [0.3, 0.4) is 0 Å². The van der Waals surface area contributed by atoms with Crippen molar-refractivity contribution >= 4 is 11.9 Å². The zero-order valence-electron chi connectivity index (χ0n) is 9.82. The van der Waals surface area contributed by atoms with Gasteiger partial charge in [0.2, 0.25) is 5.91 Å². The molecule has 2 rings (SSSR count). The van der Waals surface area contributed by atoms with E-state index in [0.717, 1.165) is 19.3 Å². The molecule has 1 unspecified atom stereocenters. The minimum absolute atomic E-state index is 0.00792. The molecule has 16 heavy (non-hydrogen) atoms. The Kier molecular flexibility index (Phi) is 2.68. The lowest BCUT2D eigenvalue weighted by Crippen LogP contribution is -2.42. The molecule has 2 fully saturated rings. The summed E-state index contributed by atoms with van der Waals surface area (Å²) in [5, 5.41) is 11.7. The zero-order chi connectivity index (χ0) is 11.9. The van der Waals surface area contributed by atoms with Crippen LogP contribution >= 0.6 is 0 Å². The number of carbonyl (C=O) groups excluding carboxylic acids is 1. The van der Waals surface area contributed by atoms with Crippen LogP contribution in [-0.2, 0) is 9.59 Å². The molecular formula is C12H19NO3. The lowest BCUT2D eigenvalue weighted by Gasteiger charge is -2.14. The van der Waals surface area contributed by atoms with Crippen molar-refractivity contribution in [1.29, 1.82) is 0 Å². The zero-order valence-corrected chi connectivity index (χ0v) is 9.82. The molecule has 2 atom stereocenters. The van der Waals surface area contributed by atoms with E-state index in [9.17, 15) is 9.59 Å². The Morgan fingerprint density at radius 3 is 2.38 bits per heavy atom. The molecule has 2 saturated carbocycles. The highest BCUT2D eigenvalue weighted by atomic mass is 16.4. The number of amides is 1. The van der Waals surface area contributed by atoms with Crippen LogP contribution in [0.1, 0.15) is 39.5 Å². The first-order valence-electron chi connectivity index (χ1n) is 5.93. The van der Waals surface area contributed by atoms with E-state index in [0.29, 0.717) is 12.3 Å². The normalized spacial score (nSPS) is 28.2. The summed E-state index contributed by atoms with van der Waals surface area (Å²) < 4.78 is 0. The fraction of sp³-hybridized carbons (Fsp3) is 0.833. The number of carbonyl (C=O) groups is 2. The summed E-state index contributed by atoms with van der Waals surface area (Å²) in [4.78, 5) is 22.8. The summed E-state index contributed by atoms with van der Waals surface area (Å²) in [6.07, 6.45) is 3.67. The van der Waals surface area contributed by atoms with E-state index >= 15 is 0 Å². The van der Waals surface area contributed by atoms with E-state index in [1.54, 1.807) is 0 Å². The van der Waals surface area contributed by atoms with E-state index in [-0.39, 0.29) is 17.2 Å². The van der Waals surface area contributed by atoms with E-state index in [2.05, 4.69) is 5.32 Å². The number of rotatable bonds is 5. The number of carboxylic acids is 1. The van der Waals surface area contributed by atoms with Crippen LogP contribution < -0.4 is 5.32 Å². The first-order chi connectivity index (χ1) is 7.40. The molecule has 0 bridgehead atoms. The van der Waals surface area contributed by atoms with Gasteiger partial charge in [-0.3, -0.25) is 4.79 Å². The van der Waals surface area contributed by atoms with Crippen molar-refractivity contribution < 1.29 is 14.7 Å². The van der Waals surface area contributed by atoms with E-state index in [1.165, 1.54) is 0 Å². The summed E-state index contributed by atoms with van der Waals surface area (Å²) in [6, 6.07) is -0.684. The fourth-order valence-electron chi connectivity index (χ4n) is 2.10. The van der Waals surface area contributed by atoms with Gasteiger partial charge < -0.3 is 10.4 Å². The van der Waals surface area contributed by atoms with Crippen LogP contribution in [0.15, 0.2) is 0 Å². The van der Waals surface area contributed by atoms with Crippen LogP contribution in [0, 0.1) is 17.3 Å². The monoisotopic (exact) mass is 225 g/mol. The third-order valence-corrected chi connectivity index (χ3v) is 3.71. The Bertz CT molecular complexity index is 320. The maximum Gasteiger partial charge on any atom is 0.326 e. The van der Waals surface area contributed by atoms with Crippen LogP contribution in [0.4, 0.5) is 0 Å². The molecule has 0 aliphatic heterocycles. The van der Waals surface area contributed by atoms with Crippen LogP contribution in [-0.4, -0.2) is 23.0 Å². The topological polar surface area (TPSA) is 66.4 Å². The van der Waals surface area contributed by atoms with Crippen LogP contribution in [0.25, 0.3) is 0 Å². The molecule has 0 radical (unpaired) electrons. The van der Waals surface area contributed by atoms with Gasteiger partial charge in [0.05, 0.1) is 0 Å². The largest absolute Gasteiger partial charge is 0.480 e. The van der Waals surface area contributed by atoms with E-state index in [4.69, 9.17) is 5.11 Å². The Hall–Kier alpha value is -1.06. The lowest BCUT2D eigenvalue weighted by atomic mass is 10.1. The molecule has 2 aliphatic carbocycles. The minimum Gasteiger partial charge on any atom is -0.480 e. The molecule has 0 spiro atoms. The summed E-state index contributed by atoms with van der Waals surface area (Å²) >= 11 is 0. The summed E-state index contributed by atoms with van der Waals surface area (Å²) in [6.45, 7) is 4.07. The molecule has 2 N–H and O–H groups in total. The van der Waals surface area contributed by atoms with Gasteiger partial charge in [-0.2, -0.15) is 0 Å². The van der Waals surface area contributed by atoms with Gasteiger partial charge in [-0.25, -0.2) is 4.79 Å². The van der Waals surface area contributed by atoms with E-state index < -0.39 is 12.0 Å². The highest BCUT2D eigenvalue weighted by molar-refractivity contribution is 5.87. The standard InChI is InChI=1S/C12H19NO3/c1-12(2)6-8(12)10(14)13-9(11(15)16)5-7-3-4-7/h7-9H,3-6H2,1-2H3,(H,13,14)(H,15,16)/t8-,9?/m1/s1. The average molecular weight is 225 g/mol. The van der Waals surface area contributed by atoms with Crippen molar-refractivity contribution in [3.8, 4) is 0 Å². The molecule has 1 amide bonds. The Labute approximate surface area is 95.4 Å². The molecular weight excluding hydrogens is 206 g/mol. The van der Waals surface area contributed by atoms with Crippen molar-refractivity contribution in [1.82, 2.24) is 5.32 Å². The maximum atomic E-state index is 11.8. The van der Waals surface area contributed by atoms with Crippen LogP contribution in [0.2, 0.25) is 0 Å². The molecule has 0 aromatic rings. The van der Waals surface area contributed by atoms with Crippen molar-refractivity contribution in [3.63, 3.8) is 0 Å². The Morgan fingerprint density at radius 1 is 1.44 bits per heavy atom. The molecule has 4 nitrogen and oxygen atoms in total.